The van der Waals surface area contributed by atoms with Crippen LogP contribution in [0.1, 0.15) is 13.8 Å². The van der Waals surface area contributed by atoms with Gasteiger partial charge in [-0.1, -0.05) is 13.8 Å². The Morgan fingerprint density at radius 3 is 2.68 bits per heavy atom. The molecule has 25 heavy (non-hydrogen) atoms. The lowest BCUT2D eigenvalue weighted by atomic mass is 10.1. The smallest absolute Gasteiger partial charge is 0.323 e. The lowest BCUT2D eigenvalue weighted by Gasteiger charge is -2.14. The van der Waals surface area contributed by atoms with Crippen LogP contribution in [0.5, 0.6) is 0 Å². The molecule has 12 heteroatoms. The molecule has 1 atom stereocenters. The Bertz CT molecular complexity index is 748. The van der Waals surface area contributed by atoms with Crippen LogP contribution < -0.4 is 17.0 Å². The van der Waals surface area contributed by atoms with Gasteiger partial charge in [0.2, 0.25) is 5.95 Å². The Hall–Kier alpha value is -1.88. The summed E-state index contributed by atoms with van der Waals surface area (Å²) in [6, 6.07) is -0.647. The molecule has 0 saturated heterocycles. The van der Waals surface area contributed by atoms with Crippen molar-refractivity contribution >= 4 is 47.9 Å². The second-order valence-electron chi connectivity index (χ2n) is 5.31. The van der Waals surface area contributed by atoms with Crippen LogP contribution in [0.25, 0.3) is 11.2 Å². The third kappa shape index (κ3) is 5.85. The van der Waals surface area contributed by atoms with Gasteiger partial charge in [0.15, 0.2) is 11.2 Å². The van der Waals surface area contributed by atoms with Gasteiger partial charge in [-0.2, -0.15) is 4.98 Å². The second kappa shape index (κ2) is 10.2. The molecule has 0 saturated carbocycles. The molecule has 0 fully saturated rings. The maximum atomic E-state index is 11.6. The molecule has 2 aromatic heterocycles. The van der Waals surface area contributed by atoms with Crippen LogP contribution in [0.15, 0.2) is 11.1 Å². The van der Waals surface area contributed by atoms with Gasteiger partial charge < -0.3 is 20.9 Å². The van der Waals surface area contributed by atoms with Gasteiger partial charge in [0.1, 0.15) is 19.4 Å². The van der Waals surface area contributed by atoms with E-state index in [1.165, 1.54) is 10.9 Å². The van der Waals surface area contributed by atoms with Crippen LogP contribution in [0.4, 0.5) is 5.95 Å². The summed E-state index contributed by atoms with van der Waals surface area (Å²) in [5.41, 5.74) is 11.2. The fourth-order valence-electron chi connectivity index (χ4n) is 1.80. The zero-order valence-electron chi connectivity index (χ0n) is 13.8. The summed E-state index contributed by atoms with van der Waals surface area (Å²) in [7, 11) is 0. The van der Waals surface area contributed by atoms with E-state index < -0.39 is 17.6 Å². The highest BCUT2D eigenvalue weighted by Crippen LogP contribution is 2.06. The van der Waals surface area contributed by atoms with Gasteiger partial charge in [-0.3, -0.25) is 19.1 Å². The van der Waals surface area contributed by atoms with E-state index in [2.05, 4.69) is 15.0 Å². The first-order valence-electron chi connectivity index (χ1n) is 7.10. The van der Waals surface area contributed by atoms with Crippen LogP contribution >= 0.6 is 24.8 Å². The molecule has 2 aromatic rings. The highest BCUT2D eigenvalue weighted by Gasteiger charge is 2.18. The zero-order valence-corrected chi connectivity index (χ0v) is 15.4. The van der Waals surface area contributed by atoms with E-state index in [-0.39, 0.29) is 62.1 Å². The van der Waals surface area contributed by atoms with E-state index in [9.17, 15) is 9.59 Å². The molecule has 0 amide bonds. The summed E-state index contributed by atoms with van der Waals surface area (Å²) in [5.74, 6) is -0.450. The summed E-state index contributed by atoms with van der Waals surface area (Å²) in [4.78, 5) is 33.5. The molecule has 0 aliphatic heterocycles. The third-order valence-electron chi connectivity index (χ3n) is 3.19. The molecular formula is C13H22Cl2N6O4. The molecule has 0 bridgehead atoms. The van der Waals surface area contributed by atoms with E-state index >= 15 is 0 Å². The number of imidazole rings is 1. The minimum Gasteiger partial charge on any atom is -0.462 e. The molecule has 0 aromatic carbocycles. The maximum Gasteiger partial charge on any atom is 0.323 e. The zero-order chi connectivity index (χ0) is 17.0. The van der Waals surface area contributed by atoms with Crippen molar-refractivity contribution in [2.45, 2.75) is 26.6 Å². The van der Waals surface area contributed by atoms with Crippen molar-refractivity contribution in [1.82, 2.24) is 19.5 Å². The second-order valence-corrected chi connectivity index (χ2v) is 5.31. The van der Waals surface area contributed by atoms with E-state index in [0.717, 1.165) is 0 Å². The van der Waals surface area contributed by atoms with Crippen LogP contribution in [0.3, 0.4) is 0 Å². The van der Waals surface area contributed by atoms with E-state index in [4.69, 9.17) is 20.9 Å². The van der Waals surface area contributed by atoms with Gasteiger partial charge in [0.25, 0.3) is 5.56 Å². The predicted octanol–water partition coefficient (Wildman–Crippen LogP) is 0.0460. The number of aromatic nitrogens is 4. The van der Waals surface area contributed by atoms with Gasteiger partial charge in [0, 0.05) is 0 Å². The van der Waals surface area contributed by atoms with Crippen molar-refractivity contribution in [1.29, 1.82) is 0 Å². The molecule has 0 aliphatic rings. The minimum atomic E-state index is -0.647. The van der Waals surface area contributed by atoms with Crippen molar-refractivity contribution in [3.05, 3.63) is 16.7 Å². The molecule has 0 radical (unpaired) electrons. The standard InChI is InChI=1S/C13H20N6O4.2ClH/c1-7(2)8(14)12(21)23-4-3-22-6-19-5-16-9-10(19)17-13(15)18-11(9)20;;/h5,7-8H,3-4,6,14H2,1-2H3,(H3,15,17,18,20);2*1H/t8-;;/m0../s1. The number of nitrogens with one attached hydrogen (secondary N) is 1. The molecule has 142 valence electrons. The molecule has 5 N–H and O–H groups in total. The number of ether oxygens (including phenoxy) is 2. The van der Waals surface area contributed by atoms with Crippen molar-refractivity contribution in [3.63, 3.8) is 0 Å². The highest BCUT2D eigenvalue weighted by molar-refractivity contribution is 5.85. The van der Waals surface area contributed by atoms with Gasteiger partial charge in [-0.15, -0.1) is 24.8 Å². The number of halogens is 2. The Balaban J connectivity index is 0.00000288. The number of fused-ring (bicyclic) bond motifs is 1. The average molecular weight is 397 g/mol. The number of aromatic amines is 1. The fraction of sp³-hybridized carbons (Fsp3) is 0.538. The minimum absolute atomic E-state index is 0. The Morgan fingerprint density at radius 2 is 2.04 bits per heavy atom. The van der Waals surface area contributed by atoms with E-state index in [0.29, 0.717) is 5.65 Å². The number of carbonyl (C=O) groups is 1. The molecule has 0 unspecified atom stereocenters. The molecular weight excluding hydrogens is 375 g/mol. The summed E-state index contributed by atoms with van der Waals surface area (Å²) >= 11 is 0. The lowest BCUT2D eigenvalue weighted by molar-refractivity contribution is -0.148. The topological polar surface area (TPSA) is 151 Å². The van der Waals surface area contributed by atoms with Crippen LogP contribution in [-0.2, 0) is 21.0 Å². The number of hydrogen-bond acceptors (Lipinski definition) is 8. The van der Waals surface area contributed by atoms with E-state index in [1.807, 2.05) is 13.8 Å². The molecule has 10 nitrogen and oxygen atoms in total. The Morgan fingerprint density at radius 1 is 1.36 bits per heavy atom. The lowest BCUT2D eigenvalue weighted by Crippen LogP contribution is -2.37. The third-order valence-corrected chi connectivity index (χ3v) is 3.19. The first-order chi connectivity index (χ1) is 10.9. The first kappa shape index (κ1) is 23.1. The largest absolute Gasteiger partial charge is 0.462 e. The number of carbonyl (C=O) groups excluding carboxylic acids is 1. The number of nitrogen functional groups attached to an aromatic ring is 1. The normalized spacial score (nSPS) is 11.7. The molecule has 0 aliphatic carbocycles. The fourth-order valence-corrected chi connectivity index (χ4v) is 1.80. The maximum absolute atomic E-state index is 11.6. The van der Waals surface area contributed by atoms with Crippen LogP contribution in [-0.4, -0.2) is 44.7 Å². The van der Waals surface area contributed by atoms with Gasteiger partial charge in [-0.05, 0) is 5.92 Å². The first-order valence-corrected chi connectivity index (χ1v) is 7.10. The summed E-state index contributed by atoms with van der Waals surface area (Å²) < 4.78 is 11.9. The predicted molar refractivity (Wildman–Crippen MR) is 96.8 cm³/mol. The van der Waals surface area contributed by atoms with Gasteiger partial charge >= 0.3 is 5.97 Å². The van der Waals surface area contributed by atoms with Crippen LogP contribution in [0.2, 0.25) is 0 Å². The quantitative estimate of drug-likeness (QED) is 0.438. The number of hydrogen-bond donors (Lipinski definition) is 3. The number of esters is 1. The summed E-state index contributed by atoms with van der Waals surface area (Å²) in [5, 5.41) is 0. The van der Waals surface area contributed by atoms with E-state index in [1.54, 1.807) is 0 Å². The number of H-pyrrole nitrogens is 1. The van der Waals surface area contributed by atoms with Gasteiger partial charge in [-0.25, -0.2) is 4.98 Å². The van der Waals surface area contributed by atoms with Crippen molar-refractivity contribution in [2.24, 2.45) is 11.7 Å². The van der Waals surface area contributed by atoms with Crippen molar-refractivity contribution in [3.8, 4) is 0 Å². The SMILES string of the molecule is CC(C)[C@H](N)C(=O)OCCOCn1cnc2c(=O)[nH]c(N)nc21.Cl.Cl. The highest BCUT2D eigenvalue weighted by atomic mass is 35.5. The summed E-state index contributed by atoms with van der Waals surface area (Å²) in [6.07, 6.45) is 1.42. The van der Waals surface area contributed by atoms with Crippen molar-refractivity contribution < 1.29 is 14.3 Å². The number of nitrogens with zero attached hydrogens (tertiary/aromatic N) is 3. The number of rotatable bonds is 7. The van der Waals surface area contributed by atoms with Crippen molar-refractivity contribution in [2.75, 3.05) is 18.9 Å². The molecule has 0 spiro atoms. The monoisotopic (exact) mass is 396 g/mol. The Labute approximate surface area is 156 Å². The number of anilines is 1. The molecule has 2 rings (SSSR count). The van der Waals surface area contributed by atoms with Gasteiger partial charge in [0.05, 0.1) is 12.9 Å². The van der Waals surface area contributed by atoms with Crippen LogP contribution in [0, 0.1) is 5.92 Å². The molecule has 2 heterocycles. The number of nitrogens with two attached hydrogens (primary N) is 2. The average Bonchev–Trinajstić information content (AvgIpc) is 2.89. The Kier molecular flexibility index (Phi) is 9.42. The summed E-state index contributed by atoms with van der Waals surface area (Å²) in [6.45, 7) is 4.04.